The van der Waals surface area contributed by atoms with Gasteiger partial charge >= 0.3 is 41.8 Å². The summed E-state index contributed by atoms with van der Waals surface area (Å²) >= 11 is 0. The van der Waals surface area contributed by atoms with Crippen LogP contribution in [0, 0.1) is 0 Å². The lowest BCUT2D eigenvalue weighted by molar-refractivity contribution is -0.382. The van der Waals surface area contributed by atoms with Gasteiger partial charge in [0.05, 0.1) is 0 Å². The molecule has 2 aliphatic rings. The maximum absolute atomic E-state index is 12.4. The van der Waals surface area contributed by atoms with Crippen LogP contribution in [0.15, 0.2) is 0 Å². The van der Waals surface area contributed by atoms with Crippen LogP contribution < -0.4 is 5.32 Å². The second-order valence-electron chi connectivity index (χ2n) is 10.4. The summed E-state index contributed by atoms with van der Waals surface area (Å²) < 4.78 is 49.4. The number of nitrogens with one attached hydrogen (secondary N) is 1. The topological polar surface area (TPSA) is 252 Å². The Morgan fingerprint density at radius 1 is 0.674 bits per heavy atom. The zero-order chi connectivity index (χ0) is 35.1. The zero-order valence-electron chi connectivity index (χ0n) is 26.3. The molecular formula is C27H37NO18. The van der Waals surface area contributed by atoms with Gasteiger partial charge in [0, 0.05) is 48.5 Å². The van der Waals surface area contributed by atoms with Crippen molar-refractivity contribution < 1.29 is 86.1 Å². The second kappa shape index (κ2) is 15.8. The molecule has 2 rings (SSSR count). The molecule has 1 unspecified atom stereocenters. The van der Waals surface area contributed by atoms with E-state index in [9.17, 15) is 43.5 Å². The highest BCUT2D eigenvalue weighted by atomic mass is 16.8. The Labute approximate surface area is 262 Å². The van der Waals surface area contributed by atoms with Crippen molar-refractivity contribution in [2.75, 3.05) is 6.61 Å². The number of carbonyl (C=O) groups is 8. The zero-order valence-corrected chi connectivity index (χ0v) is 26.3. The molecule has 0 aliphatic carbocycles. The summed E-state index contributed by atoms with van der Waals surface area (Å²) in [7, 11) is 0. The number of esters is 6. The van der Waals surface area contributed by atoms with E-state index in [4.69, 9.17) is 42.6 Å². The highest BCUT2D eigenvalue weighted by Gasteiger charge is 2.63. The number of amides is 1. The molecule has 2 saturated heterocycles. The lowest BCUT2D eigenvalue weighted by Crippen LogP contribution is -2.73. The molecule has 0 aromatic rings. The van der Waals surface area contributed by atoms with Crippen molar-refractivity contribution in [1.29, 1.82) is 0 Å². The van der Waals surface area contributed by atoms with Crippen molar-refractivity contribution >= 4 is 47.7 Å². The first-order chi connectivity index (χ1) is 21.2. The van der Waals surface area contributed by atoms with Crippen molar-refractivity contribution in [3.63, 3.8) is 0 Å². The summed E-state index contributed by atoms with van der Waals surface area (Å²) in [6.07, 6.45) is -14.3. The molecule has 2 aliphatic heterocycles. The standard InChI is InChI=1S/C27H37NO18/c1-10(29)28-18-20(19(39-12(3)31)17(9-38-11(2)30)44-26(18)43-16(7)35)45-27(8)24(42-15(6)34)22(41-14(5)33)21(40-13(4)32)23(46-27)25(36)37/h17-24,26H,9H2,1-8H3,(H,28,29)(H,36,37)/t17-,18-,19-,20-,21+,22+,23+,24-,26?,27-/m1/s1. The highest BCUT2D eigenvalue weighted by molar-refractivity contribution is 5.76. The van der Waals surface area contributed by atoms with Gasteiger partial charge in [0.1, 0.15) is 24.9 Å². The third-order valence-corrected chi connectivity index (χ3v) is 6.36. The first kappa shape index (κ1) is 37.8. The van der Waals surface area contributed by atoms with Gasteiger partial charge in [0.15, 0.2) is 30.5 Å². The summed E-state index contributed by atoms with van der Waals surface area (Å²) in [5.74, 6) is -10.6. The molecule has 0 aromatic heterocycles. The predicted octanol–water partition coefficient (Wildman–Crippen LogP) is -1.35. The number of hydrogen-bond donors (Lipinski definition) is 2. The van der Waals surface area contributed by atoms with Crippen LogP contribution in [0.4, 0.5) is 0 Å². The largest absolute Gasteiger partial charge is 0.479 e. The van der Waals surface area contributed by atoms with Crippen LogP contribution in [0.25, 0.3) is 0 Å². The molecule has 0 radical (unpaired) electrons. The van der Waals surface area contributed by atoms with Crippen LogP contribution in [0.5, 0.6) is 0 Å². The maximum atomic E-state index is 12.4. The first-order valence-corrected chi connectivity index (χ1v) is 13.8. The summed E-state index contributed by atoms with van der Waals surface area (Å²) in [6, 6.07) is -1.56. The summed E-state index contributed by atoms with van der Waals surface area (Å²) in [5.41, 5.74) is 0. The van der Waals surface area contributed by atoms with E-state index in [1.807, 2.05) is 0 Å². The van der Waals surface area contributed by atoms with Crippen LogP contribution in [0.1, 0.15) is 55.4 Å². The fourth-order valence-corrected chi connectivity index (χ4v) is 4.94. The molecule has 46 heavy (non-hydrogen) atoms. The van der Waals surface area contributed by atoms with Gasteiger partial charge in [-0.1, -0.05) is 0 Å². The number of carboxylic acids is 1. The lowest BCUT2D eigenvalue weighted by atomic mass is 9.90. The quantitative estimate of drug-likeness (QED) is 0.191. The highest BCUT2D eigenvalue weighted by Crippen LogP contribution is 2.40. The fourth-order valence-electron chi connectivity index (χ4n) is 4.94. The molecule has 1 amide bonds. The number of carboxylic acid groups (broad SMARTS) is 1. The molecule has 0 bridgehead atoms. The number of hydrogen-bond acceptors (Lipinski definition) is 17. The molecule has 10 atom stereocenters. The van der Waals surface area contributed by atoms with E-state index < -0.39 is 115 Å². The number of rotatable bonds is 11. The molecule has 0 saturated carbocycles. The Balaban J connectivity index is 2.83. The maximum Gasteiger partial charge on any atom is 0.337 e. The number of ether oxygens (including phenoxy) is 9. The van der Waals surface area contributed by atoms with Crippen molar-refractivity contribution in [2.45, 2.75) is 116 Å². The van der Waals surface area contributed by atoms with E-state index in [0.29, 0.717) is 0 Å². The van der Waals surface area contributed by atoms with E-state index in [1.54, 1.807) is 0 Å². The van der Waals surface area contributed by atoms with Crippen LogP contribution in [0.3, 0.4) is 0 Å². The Kier molecular flexibility index (Phi) is 13.0. The minimum Gasteiger partial charge on any atom is -0.479 e. The molecular weight excluding hydrogens is 626 g/mol. The Morgan fingerprint density at radius 3 is 1.63 bits per heavy atom. The SMILES string of the molecule is CC(=O)N[C@H]1C(OC(C)=O)O[C@H](COC(C)=O)[C@@H](OC(C)=O)[C@@H]1O[C@]1(C)O[C@H](C(=O)O)[C@@H](OC(C)=O)[C@H](OC(C)=O)[C@H]1OC(C)=O. The Hall–Kier alpha value is -4.36. The van der Waals surface area contributed by atoms with Gasteiger partial charge in [0.2, 0.25) is 18.0 Å². The Bertz CT molecular complexity index is 1220. The van der Waals surface area contributed by atoms with Gasteiger partial charge < -0.3 is 53.1 Å². The van der Waals surface area contributed by atoms with Gasteiger partial charge in [-0.15, -0.1) is 0 Å². The molecule has 0 aromatic carbocycles. The molecule has 2 heterocycles. The van der Waals surface area contributed by atoms with Crippen molar-refractivity contribution in [1.82, 2.24) is 5.32 Å². The average molecular weight is 664 g/mol. The third-order valence-electron chi connectivity index (χ3n) is 6.36. The van der Waals surface area contributed by atoms with Crippen molar-refractivity contribution in [2.24, 2.45) is 0 Å². The molecule has 2 fully saturated rings. The number of carbonyl (C=O) groups excluding carboxylic acids is 7. The van der Waals surface area contributed by atoms with E-state index in [0.717, 1.165) is 55.4 Å². The molecule has 0 spiro atoms. The van der Waals surface area contributed by atoms with Crippen LogP contribution in [0.2, 0.25) is 0 Å². The minimum absolute atomic E-state index is 0.606. The fraction of sp³-hybridized carbons (Fsp3) is 0.704. The average Bonchev–Trinajstić information content (AvgIpc) is 2.88. The third kappa shape index (κ3) is 10.1. The van der Waals surface area contributed by atoms with E-state index in [-0.39, 0.29) is 0 Å². The molecule has 258 valence electrons. The summed E-state index contributed by atoms with van der Waals surface area (Å²) in [6.45, 7) is 7.49. The summed E-state index contributed by atoms with van der Waals surface area (Å²) in [5, 5.41) is 12.5. The van der Waals surface area contributed by atoms with Crippen LogP contribution in [-0.2, 0) is 81.0 Å². The van der Waals surface area contributed by atoms with Gasteiger partial charge in [-0.2, -0.15) is 0 Å². The van der Waals surface area contributed by atoms with Gasteiger partial charge in [0.25, 0.3) is 0 Å². The van der Waals surface area contributed by atoms with Gasteiger partial charge in [-0.3, -0.25) is 33.6 Å². The lowest BCUT2D eigenvalue weighted by Gasteiger charge is -2.52. The first-order valence-electron chi connectivity index (χ1n) is 13.8. The molecule has 2 N–H and O–H groups in total. The van der Waals surface area contributed by atoms with E-state index in [1.165, 1.54) is 0 Å². The van der Waals surface area contributed by atoms with Crippen molar-refractivity contribution in [3.8, 4) is 0 Å². The molecule has 19 heteroatoms. The smallest absolute Gasteiger partial charge is 0.337 e. The Morgan fingerprint density at radius 2 is 1.17 bits per heavy atom. The summed E-state index contributed by atoms with van der Waals surface area (Å²) in [4.78, 5) is 97.1. The van der Waals surface area contributed by atoms with E-state index >= 15 is 0 Å². The monoisotopic (exact) mass is 663 g/mol. The normalized spacial score (nSPS) is 32.1. The van der Waals surface area contributed by atoms with Gasteiger partial charge in [-0.25, -0.2) is 4.79 Å². The van der Waals surface area contributed by atoms with Crippen LogP contribution in [-0.4, -0.2) is 120 Å². The van der Waals surface area contributed by atoms with Crippen molar-refractivity contribution in [3.05, 3.63) is 0 Å². The molecule has 19 nitrogen and oxygen atoms in total. The van der Waals surface area contributed by atoms with E-state index in [2.05, 4.69) is 5.32 Å². The number of aliphatic carboxylic acids is 1. The second-order valence-corrected chi connectivity index (χ2v) is 10.4. The van der Waals surface area contributed by atoms with Gasteiger partial charge in [-0.05, 0) is 6.92 Å². The predicted molar refractivity (Wildman–Crippen MR) is 143 cm³/mol. The van der Waals surface area contributed by atoms with Crippen LogP contribution >= 0.6 is 0 Å². The minimum atomic E-state index is -2.49.